The summed E-state index contributed by atoms with van der Waals surface area (Å²) in [5.41, 5.74) is 0. The van der Waals surface area contributed by atoms with Gasteiger partial charge in [-0.3, -0.25) is 0 Å². The second-order valence-electron chi connectivity index (χ2n) is 5.53. The van der Waals surface area contributed by atoms with E-state index in [2.05, 4.69) is 0 Å². The number of hydrogen-bond donors (Lipinski definition) is 1. The summed E-state index contributed by atoms with van der Waals surface area (Å²) in [6.07, 6.45) is 0. The number of benzene rings is 1. The van der Waals surface area contributed by atoms with Crippen molar-refractivity contribution in [1.82, 2.24) is 0 Å². The summed E-state index contributed by atoms with van der Waals surface area (Å²) in [6.45, 7) is 7.04. The third kappa shape index (κ3) is 14.9. The quantitative estimate of drug-likeness (QED) is 0.694. The molecule has 1 aromatic rings. The molecule has 10 heteroatoms. The summed E-state index contributed by atoms with van der Waals surface area (Å²) < 4.78 is 53.2. The first-order chi connectivity index (χ1) is 13.6. The lowest BCUT2D eigenvalue weighted by Crippen LogP contribution is -2.16. The maximum absolute atomic E-state index is 10.6. The molecule has 0 aromatic heterocycles. The topological polar surface area (TPSA) is 116 Å². The Balaban J connectivity index is 0.000000330. The number of primary sulfonamides is 1. The van der Waals surface area contributed by atoms with E-state index in [0.717, 1.165) is 0 Å². The molecule has 0 unspecified atom stereocenters. The maximum Gasteiger partial charge on any atom is 0.238 e. The normalized spacial score (nSPS) is 19.5. The van der Waals surface area contributed by atoms with Crippen molar-refractivity contribution >= 4 is 10.0 Å². The summed E-state index contributed by atoms with van der Waals surface area (Å²) in [5.74, 6) is 0. The van der Waals surface area contributed by atoms with E-state index in [0.29, 0.717) is 79.3 Å². The number of hydrogen-bond acceptors (Lipinski definition) is 8. The minimum Gasteiger partial charge on any atom is -0.377 e. The first-order valence-corrected chi connectivity index (χ1v) is 10.7. The standard InChI is InChI=1S/C12H24O6.C6H7NO2S/c1-2-14-5-6-16-9-10-18-12-11-17-8-7-15-4-3-13-1;7-10(8,9)6-4-2-1-3-5-6/h1-12H2;1-5H,(H2,7,8,9). The highest BCUT2D eigenvalue weighted by molar-refractivity contribution is 7.89. The molecule has 0 radical (unpaired) electrons. The van der Waals surface area contributed by atoms with Crippen molar-refractivity contribution in [2.24, 2.45) is 5.14 Å². The second kappa shape index (κ2) is 16.8. The van der Waals surface area contributed by atoms with Crippen LogP contribution in [0.2, 0.25) is 0 Å². The Morgan fingerprint density at radius 3 is 0.964 bits per heavy atom. The smallest absolute Gasteiger partial charge is 0.238 e. The van der Waals surface area contributed by atoms with E-state index >= 15 is 0 Å². The highest BCUT2D eigenvalue weighted by atomic mass is 32.2. The van der Waals surface area contributed by atoms with Crippen LogP contribution in [-0.4, -0.2) is 87.7 Å². The maximum atomic E-state index is 10.6. The van der Waals surface area contributed by atoms with Crippen LogP contribution in [0.25, 0.3) is 0 Å². The van der Waals surface area contributed by atoms with E-state index in [4.69, 9.17) is 33.6 Å². The SMILES string of the molecule is C1COCCOCCOCCOCCOCCO1.NS(=O)(=O)c1ccccc1. The highest BCUT2D eigenvalue weighted by Gasteiger charge is 2.03. The van der Waals surface area contributed by atoms with E-state index in [9.17, 15) is 8.42 Å². The zero-order chi connectivity index (χ0) is 20.3. The summed E-state index contributed by atoms with van der Waals surface area (Å²) in [6, 6.07) is 7.89. The minimum atomic E-state index is -3.50. The van der Waals surface area contributed by atoms with Crippen molar-refractivity contribution < 1.29 is 36.8 Å². The van der Waals surface area contributed by atoms with Gasteiger partial charge in [-0.1, -0.05) is 18.2 Å². The number of nitrogens with two attached hydrogens (primary N) is 1. The van der Waals surface area contributed by atoms with Crippen molar-refractivity contribution in [2.45, 2.75) is 4.90 Å². The summed E-state index contributed by atoms with van der Waals surface area (Å²) in [4.78, 5) is 0.148. The van der Waals surface area contributed by atoms with Gasteiger partial charge in [0.05, 0.1) is 84.2 Å². The zero-order valence-corrected chi connectivity index (χ0v) is 16.9. The van der Waals surface area contributed by atoms with Crippen LogP contribution in [0.1, 0.15) is 0 Å². The van der Waals surface area contributed by atoms with E-state index in [-0.39, 0.29) is 4.90 Å². The van der Waals surface area contributed by atoms with Crippen molar-refractivity contribution in [3.8, 4) is 0 Å². The zero-order valence-electron chi connectivity index (χ0n) is 16.1. The Morgan fingerprint density at radius 2 is 0.786 bits per heavy atom. The molecule has 1 heterocycles. The number of ether oxygens (including phenoxy) is 6. The summed E-state index contributed by atoms with van der Waals surface area (Å²) in [5, 5.41) is 4.83. The van der Waals surface area contributed by atoms with Gasteiger partial charge in [-0.05, 0) is 12.1 Å². The Morgan fingerprint density at radius 1 is 0.536 bits per heavy atom. The van der Waals surface area contributed by atoms with Gasteiger partial charge in [0, 0.05) is 0 Å². The number of rotatable bonds is 1. The van der Waals surface area contributed by atoms with Crippen molar-refractivity contribution in [3.63, 3.8) is 0 Å². The minimum absolute atomic E-state index is 0.148. The predicted molar refractivity (Wildman–Crippen MR) is 103 cm³/mol. The lowest BCUT2D eigenvalue weighted by Gasteiger charge is -2.09. The van der Waals surface area contributed by atoms with Crippen LogP contribution in [0.5, 0.6) is 0 Å². The first-order valence-electron chi connectivity index (χ1n) is 9.15. The molecular weight excluding hydrogens is 390 g/mol. The molecule has 0 amide bonds. The van der Waals surface area contributed by atoms with E-state index in [1.54, 1.807) is 18.2 Å². The molecule has 0 atom stereocenters. The van der Waals surface area contributed by atoms with Gasteiger partial charge in [-0.25, -0.2) is 13.6 Å². The average molecular weight is 422 g/mol. The van der Waals surface area contributed by atoms with Crippen LogP contribution >= 0.6 is 0 Å². The van der Waals surface area contributed by atoms with Gasteiger partial charge in [0.15, 0.2) is 0 Å². The van der Waals surface area contributed by atoms with Crippen LogP contribution in [0.3, 0.4) is 0 Å². The molecule has 2 rings (SSSR count). The molecule has 1 aromatic carbocycles. The van der Waals surface area contributed by atoms with Crippen LogP contribution in [0.4, 0.5) is 0 Å². The molecule has 1 fully saturated rings. The van der Waals surface area contributed by atoms with Gasteiger partial charge in [-0.2, -0.15) is 0 Å². The van der Waals surface area contributed by atoms with Crippen molar-refractivity contribution in [1.29, 1.82) is 0 Å². The van der Waals surface area contributed by atoms with Gasteiger partial charge >= 0.3 is 0 Å². The fourth-order valence-electron chi connectivity index (χ4n) is 1.93. The van der Waals surface area contributed by atoms with E-state index in [1.807, 2.05) is 0 Å². The first kappa shape index (κ1) is 24.9. The molecule has 162 valence electrons. The molecule has 1 aliphatic rings. The summed E-state index contributed by atoms with van der Waals surface area (Å²) in [7, 11) is -3.50. The lowest BCUT2D eigenvalue weighted by molar-refractivity contribution is -0.0334. The molecule has 0 saturated carbocycles. The molecule has 2 N–H and O–H groups in total. The van der Waals surface area contributed by atoms with Gasteiger partial charge in [0.1, 0.15) is 0 Å². The van der Waals surface area contributed by atoms with Gasteiger partial charge in [-0.15, -0.1) is 0 Å². The van der Waals surface area contributed by atoms with Crippen molar-refractivity contribution in [2.75, 3.05) is 79.3 Å². The second-order valence-corrected chi connectivity index (χ2v) is 7.09. The van der Waals surface area contributed by atoms with Gasteiger partial charge in [0.25, 0.3) is 0 Å². The fraction of sp³-hybridized carbons (Fsp3) is 0.667. The van der Waals surface area contributed by atoms with Crippen LogP contribution in [0, 0.1) is 0 Å². The van der Waals surface area contributed by atoms with Gasteiger partial charge < -0.3 is 28.4 Å². The molecule has 28 heavy (non-hydrogen) atoms. The largest absolute Gasteiger partial charge is 0.377 e. The average Bonchev–Trinajstić information content (AvgIpc) is 2.69. The van der Waals surface area contributed by atoms with Crippen LogP contribution in [0.15, 0.2) is 35.2 Å². The van der Waals surface area contributed by atoms with Crippen LogP contribution < -0.4 is 5.14 Å². The predicted octanol–water partition coefficient (Wildman–Crippen LogP) is 0.434. The Kier molecular flexibility index (Phi) is 15.0. The molecule has 0 bridgehead atoms. The monoisotopic (exact) mass is 421 g/mol. The molecular formula is C18H31NO8S. The highest BCUT2D eigenvalue weighted by Crippen LogP contribution is 2.03. The molecule has 0 spiro atoms. The number of sulfonamides is 1. The van der Waals surface area contributed by atoms with Crippen molar-refractivity contribution in [3.05, 3.63) is 30.3 Å². The molecule has 1 saturated heterocycles. The Bertz CT molecular complexity index is 495. The molecule has 9 nitrogen and oxygen atoms in total. The van der Waals surface area contributed by atoms with E-state index in [1.165, 1.54) is 12.1 Å². The molecule has 1 aliphatic heterocycles. The Hall–Kier alpha value is -1.11. The molecule has 0 aliphatic carbocycles. The van der Waals surface area contributed by atoms with Crippen LogP contribution in [-0.2, 0) is 38.4 Å². The van der Waals surface area contributed by atoms with Gasteiger partial charge in [0.2, 0.25) is 10.0 Å². The van der Waals surface area contributed by atoms with E-state index < -0.39 is 10.0 Å². The lowest BCUT2D eigenvalue weighted by atomic mass is 10.4. The third-order valence-corrected chi connectivity index (χ3v) is 4.23. The third-order valence-electron chi connectivity index (χ3n) is 3.30. The Labute approximate surface area is 167 Å². The fourth-order valence-corrected chi connectivity index (χ4v) is 2.47. The summed E-state index contributed by atoms with van der Waals surface area (Å²) >= 11 is 0.